The summed E-state index contributed by atoms with van der Waals surface area (Å²) in [5, 5.41) is 0. The normalized spacial score (nSPS) is 12.9. The van der Waals surface area contributed by atoms with E-state index in [2.05, 4.69) is 0 Å². The number of rotatable bonds is 4. The smallest absolute Gasteiger partial charge is 0.306 e. The molecule has 2 aromatic carbocycles. The van der Waals surface area contributed by atoms with E-state index in [1.54, 1.807) is 30.3 Å². The van der Waals surface area contributed by atoms with E-state index >= 15 is 0 Å². The first-order chi connectivity index (χ1) is 12.3. The van der Waals surface area contributed by atoms with Crippen molar-refractivity contribution in [1.82, 2.24) is 0 Å². The molecule has 2 nitrogen and oxygen atoms in total. The third kappa shape index (κ3) is 4.12. The van der Waals surface area contributed by atoms with Crippen molar-refractivity contribution in [2.24, 2.45) is 0 Å². The van der Waals surface area contributed by atoms with Crippen LogP contribution in [0.15, 0.2) is 48.5 Å². The van der Waals surface area contributed by atoms with Crippen LogP contribution in [-0.4, -0.2) is 8.76 Å². The van der Waals surface area contributed by atoms with E-state index in [0.717, 1.165) is 11.6 Å². The molecule has 0 amide bonds. The summed E-state index contributed by atoms with van der Waals surface area (Å²) in [4.78, 5) is 0.661. The van der Waals surface area contributed by atoms with Crippen molar-refractivity contribution in [2.45, 2.75) is 11.9 Å². The molecule has 0 saturated heterocycles. The van der Waals surface area contributed by atoms with Crippen molar-refractivity contribution >= 4 is 44.0 Å². The quantitative estimate of drug-likeness (QED) is 0.286. The van der Waals surface area contributed by atoms with E-state index in [9.17, 15) is 17.4 Å². The molecule has 3 aromatic rings. The van der Waals surface area contributed by atoms with Gasteiger partial charge >= 0.3 is 6.18 Å². The highest BCUT2D eigenvalue weighted by Gasteiger charge is 2.34. The lowest BCUT2D eigenvalue weighted by Gasteiger charge is -2.13. The zero-order valence-electron chi connectivity index (χ0n) is 12.9. The van der Waals surface area contributed by atoms with Crippen LogP contribution in [0.4, 0.5) is 13.2 Å². The Balaban J connectivity index is 2.12. The monoisotopic (exact) mass is 432 g/mol. The van der Waals surface area contributed by atoms with Crippen molar-refractivity contribution < 1.29 is 21.9 Å². The van der Waals surface area contributed by atoms with E-state index in [-0.39, 0.29) is 11.3 Å². The Morgan fingerprint density at radius 1 is 1.04 bits per heavy atom. The molecule has 1 atom stereocenters. The lowest BCUT2D eigenvalue weighted by Crippen LogP contribution is -2.06. The van der Waals surface area contributed by atoms with Crippen LogP contribution in [0.5, 0.6) is 0 Å². The minimum absolute atomic E-state index is 0.00337. The Morgan fingerprint density at radius 2 is 1.69 bits per heavy atom. The Labute approximate surface area is 162 Å². The minimum atomic E-state index is -4.47. The van der Waals surface area contributed by atoms with Gasteiger partial charge in [0.1, 0.15) is 3.82 Å². The van der Waals surface area contributed by atoms with Gasteiger partial charge in [0.2, 0.25) is 0 Å². The molecule has 0 aliphatic heterocycles. The second-order valence-corrected chi connectivity index (χ2v) is 9.11. The molecule has 26 heavy (non-hydrogen) atoms. The second kappa shape index (κ2) is 7.69. The Kier molecular flexibility index (Phi) is 5.73. The van der Waals surface area contributed by atoms with Gasteiger partial charge in [0.05, 0.1) is 16.2 Å². The predicted molar refractivity (Wildman–Crippen MR) is 103 cm³/mol. The topological polar surface area (TPSA) is 37.3 Å². The van der Waals surface area contributed by atoms with Crippen LogP contribution in [0.25, 0.3) is 21.6 Å². The first-order valence-electron chi connectivity index (χ1n) is 7.24. The average Bonchev–Trinajstić information content (AvgIpc) is 2.96. The first kappa shape index (κ1) is 19.4. The van der Waals surface area contributed by atoms with Crippen LogP contribution >= 0.6 is 32.9 Å². The van der Waals surface area contributed by atoms with Gasteiger partial charge in [-0.1, -0.05) is 75.4 Å². The molecule has 0 spiro atoms. The van der Waals surface area contributed by atoms with Crippen LogP contribution in [-0.2, 0) is 23.0 Å². The van der Waals surface area contributed by atoms with Crippen molar-refractivity contribution in [2.75, 3.05) is 0 Å². The predicted octanol–water partition coefficient (Wildman–Crippen LogP) is 6.61. The highest BCUT2D eigenvalue weighted by molar-refractivity contribution is 7.80. The molecule has 0 saturated carbocycles. The number of hydrogen-bond acceptors (Lipinski definition) is 4. The Bertz CT molecular complexity index is 1000. The standard InChI is InChI=1S/C17H11F3O2S4/c18-17(19,20)13-4-2-1-3-12(13)14-15(24-25-16(14)23)11-7-5-10(6-8-11)9-26(21)22/h1-8H,9H2,(H,21,22). The maximum absolute atomic E-state index is 13.4. The van der Waals surface area contributed by atoms with Gasteiger partial charge in [-0.05, 0) is 22.8 Å². The fourth-order valence-corrected chi connectivity index (χ4v) is 5.90. The summed E-state index contributed by atoms with van der Waals surface area (Å²) in [6.07, 6.45) is -4.47. The molecular formula is C17H11F3O2S4. The van der Waals surface area contributed by atoms with E-state index in [4.69, 9.17) is 16.8 Å². The zero-order valence-corrected chi connectivity index (χ0v) is 16.2. The van der Waals surface area contributed by atoms with Crippen LogP contribution in [0.2, 0.25) is 0 Å². The fraction of sp³-hybridized carbons (Fsp3) is 0.118. The zero-order chi connectivity index (χ0) is 18.9. The number of halogens is 3. The molecule has 1 N–H and O–H groups in total. The van der Waals surface area contributed by atoms with Crippen LogP contribution < -0.4 is 0 Å². The van der Waals surface area contributed by atoms with Gasteiger partial charge in [-0.15, -0.1) is 0 Å². The molecule has 3 rings (SSSR count). The molecule has 1 unspecified atom stereocenters. The van der Waals surface area contributed by atoms with Gasteiger partial charge in [0.15, 0.2) is 11.1 Å². The molecule has 0 fully saturated rings. The highest BCUT2D eigenvalue weighted by atomic mass is 32.9. The summed E-state index contributed by atoms with van der Waals surface area (Å²) >= 11 is 3.36. The van der Waals surface area contributed by atoms with Crippen molar-refractivity contribution in [3.05, 3.63) is 63.5 Å². The van der Waals surface area contributed by atoms with Crippen molar-refractivity contribution in [3.8, 4) is 21.6 Å². The van der Waals surface area contributed by atoms with E-state index in [1.807, 2.05) is 0 Å². The van der Waals surface area contributed by atoms with Gasteiger partial charge in [-0.2, -0.15) is 13.2 Å². The largest absolute Gasteiger partial charge is 0.417 e. The molecule has 0 aliphatic rings. The summed E-state index contributed by atoms with van der Waals surface area (Å²) in [6.45, 7) is 0. The molecule has 0 aliphatic carbocycles. The molecule has 0 radical (unpaired) electrons. The lowest BCUT2D eigenvalue weighted by molar-refractivity contribution is -0.137. The van der Waals surface area contributed by atoms with Crippen LogP contribution in [0.1, 0.15) is 11.1 Å². The third-order valence-electron chi connectivity index (χ3n) is 3.64. The molecule has 1 heterocycles. The molecule has 136 valence electrons. The van der Waals surface area contributed by atoms with Gasteiger partial charge in [-0.25, -0.2) is 4.21 Å². The fourth-order valence-electron chi connectivity index (χ4n) is 2.52. The van der Waals surface area contributed by atoms with Gasteiger partial charge in [-0.3, -0.25) is 0 Å². The SMILES string of the molecule is O=S(O)Cc1ccc(-c2ssc(=S)c2-c2ccccc2C(F)(F)F)cc1. The summed E-state index contributed by atoms with van der Waals surface area (Å²) in [5.41, 5.74) is 1.15. The molecular weight excluding hydrogens is 421 g/mol. The van der Waals surface area contributed by atoms with E-state index in [1.165, 1.54) is 32.8 Å². The summed E-state index contributed by atoms with van der Waals surface area (Å²) < 4.78 is 60.4. The van der Waals surface area contributed by atoms with Crippen molar-refractivity contribution in [1.29, 1.82) is 0 Å². The lowest BCUT2D eigenvalue weighted by atomic mass is 9.98. The molecule has 0 bridgehead atoms. The maximum atomic E-state index is 13.4. The van der Waals surface area contributed by atoms with Gasteiger partial charge in [0, 0.05) is 5.56 Å². The Hall–Kier alpha value is -1.39. The van der Waals surface area contributed by atoms with Crippen LogP contribution in [0, 0.1) is 3.82 Å². The number of benzene rings is 2. The summed E-state index contributed by atoms with van der Waals surface area (Å²) in [7, 11) is 2.58. The minimum Gasteiger partial charge on any atom is -0.306 e. The molecule has 9 heteroatoms. The van der Waals surface area contributed by atoms with Crippen LogP contribution in [0.3, 0.4) is 0 Å². The number of hydrogen-bond donors (Lipinski definition) is 1. The van der Waals surface area contributed by atoms with E-state index in [0.29, 0.717) is 19.8 Å². The van der Waals surface area contributed by atoms with E-state index < -0.39 is 22.8 Å². The first-order valence-corrected chi connectivity index (χ1v) is 11.1. The average molecular weight is 433 g/mol. The van der Waals surface area contributed by atoms with Gasteiger partial charge in [0.25, 0.3) is 0 Å². The third-order valence-corrected chi connectivity index (χ3v) is 7.29. The summed E-state index contributed by atoms with van der Waals surface area (Å²) in [6, 6.07) is 12.2. The maximum Gasteiger partial charge on any atom is 0.417 e. The highest BCUT2D eigenvalue weighted by Crippen LogP contribution is 2.45. The summed E-state index contributed by atoms with van der Waals surface area (Å²) in [5.74, 6) is 0.00337. The van der Waals surface area contributed by atoms with Gasteiger partial charge < -0.3 is 4.55 Å². The van der Waals surface area contributed by atoms with Crippen molar-refractivity contribution in [3.63, 3.8) is 0 Å². The Morgan fingerprint density at radius 3 is 2.31 bits per heavy atom. The number of alkyl halides is 3. The second-order valence-electron chi connectivity index (χ2n) is 5.36. The molecule has 1 aromatic heterocycles.